The van der Waals surface area contributed by atoms with Gasteiger partial charge in [-0.3, -0.25) is 0 Å². The molecule has 57 heavy (non-hydrogen) atoms. The summed E-state index contributed by atoms with van der Waals surface area (Å²) in [5.74, 6) is 0. The number of hydrogen-bond acceptors (Lipinski definition) is 0. The Kier molecular flexibility index (Phi) is 2.78. The quantitative estimate of drug-likeness (QED) is 0.166. The van der Waals surface area contributed by atoms with Crippen LogP contribution < -0.4 is 0 Å². The van der Waals surface area contributed by atoms with Crippen LogP contribution in [0.2, 0.25) is 0 Å². The van der Waals surface area contributed by atoms with Crippen LogP contribution in [-0.2, 0) is 0 Å². The predicted octanol–water partition coefficient (Wildman–Crippen LogP) is 14.3. The van der Waals surface area contributed by atoms with Crippen molar-refractivity contribution in [2.75, 3.05) is 0 Å². The highest BCUT2D eigenvalue weighted by atomic mass is 15.0. The van der Waals surface area contributed by atoms with Crippen molar-refractivity contribution in [2.24, 2.45) is 0 Å². The maximum Gasteiger partial charge on any atom is 0.0667 e. The van der Waals surface area contributed by atoms with Gasteiger partial charge in [0.2, 0.25) is 0 Å². The molecular weight excluding hydrogens is 691 g/mol. The van der Waals surface area contributed by atoms with E-state index in [-0.39, 0.29) is 0 Å². The van der Waals surface area contributed by atoms with Gasteiger partial charge in [0.1, 0.15) is 0 Å². The van der Waals surface area contributed by atoms with Gasteiger partial charge in [-0.25, -0.2) is 0 Å². The molecular formula is C54H35N3. The molecule has 3 heteroatoms. The summed E-state index contributed by atoms with van der Waals surface area (Å²) in [6.45, 7) is 0. The molecule has 0 saturated heterocycles. The van der Waals surface area contributed by atoms with Gasteiger partial charge in [-0.1, -0.05) is 145 Å². The Labute approximate surface area is 378 Å². The smallest absolute Gasteiger partial charge is 0.0667 e. The molecule has 0 aliphatic rings. The third-order valence-electron chi connectivity index (χ3n) is 9.29. The Balaban J connectivity index is 1.33. The normalized spacial score (nSPS) is 20.5. The lowest BCUT2D eigenvalue weighted by atomic mass is 10.0. The first-order valence-corrected chi connectivity index (χ1v) is 16.8. The Morgan fingerprint density at radius 2 is 0.754 bits per heavy atom. The van der Waals surface area contributed by atoms with Crippen molar-refractivity contribution in [3.8, 4) is 39.3 Å². The molecule has 0 bridgehead atoms. The molecule has 0 aliphatic carbocycles. The summed E-state index contributed by atoms with van der Waals surface area (Å²) in [6, 6.07) is -36.1. The van der Waals surface area contributed by atoms with Gasteiger partial charge in [0, 0.05) is 49.3 Å². The molecule has 3 heterocycles. The van der Waals surface area contributed by atoms with Crippen LogP contribution >= 0.6 is 0 Å². The monoisotopic (exact) mass is 761 g/mol. The zero-order chi connectivity index (χ0) is 67.9. The lowest BCUT2D eigenvalue weighted by Gasteiger charge is -2.16. The summed E-state index contributed by atoms with van der Waals surface area (Å²) in [6.07, 6.45) is 0. The third kappa shape index (κ3) is 4.79. The lowest BCUT2D eigenvalue weighted by molar-refractivity contribution is 1.15. The van der Waals surface area contributed by atoms with Gasteiger partial charge in [0.25, 0.3) is 0 Å². The van der Waals surface area contributed by atoms with Gasteiger partial charge >= 0.3 is 0 Å². The third-order valence-corrected chi connectivity index (χ3v) is 9.29. The number of benzene rings is 9. The Morgan fingerprint density at radius 1 is 0.263 bits per heavy atom. The molecule has 0 fully saturated rings. The highest BCUT2D eigenvalue weighted by Gasteiger charge is 2.19. The van der Waals surface area contributed by atoms with E-state index < -0.39 is 316 Å². The van der Waals surface area contributed by atoms with Crippen LogP contribution in [0.5, 0.6) is 0 Å². The molecule has 0 aliphatic heterocycles. The zero-order valence-corrected chi connectivity index (χ0v) is 28.3. The molecule has 0 atom stereocenters. The standard InChI is InChI=1S/C54H35N3/c1-2-15-36(16-3-1)37-29-32-53-47(34-37)45-23-8-12-27-51(45)56(53)40-30-31-46-44-22-7-13-28-52(44)57(54(46)35-40)48-24-9-4-19-41(48)38-17-14-18-39(33-38)55-49-25-10-5-20-42(49)43-21-6-11-26-50(43)55/h1-35H/i1D,2D,3D,4D,5D,6D,7D,8D,9D,10D,11D,12D,13D,14D,15D,16D,17D,18D,19D,20D,21D,22D,23D,24D,25D,26D,27D,28D,29D,30D,31D,32D,33D,34D,35D. The van der Waals surface area contributed by atoms with Gasteiger partial charge in [0.05, 0.1) is 86.8 Å². The van der Waals surface area contributed by atoms with E-state index in [0.717, 1.165) is 0 Å². The number of nitrogens with zero attached hydrogens (tertiary/aromatic N) is 3. The SMILES string of the molecule is [2H]c1c([2H])c([2H])c(-c2c([2H])c([2H])c3c(c2[2H])c2c([2H])c([2H])c([2H])c([2H])c2n3-c2c([2H])c([2H])c3c4c([2H])c([2H])c([2H])c([2H])c4n(-c4c([2H])c([2H])c([2H])c([2H])c4-c4c([2H])c([2H])c([2H])c(-n5c6c([2H])c([2H])c([2H])c([2H])c6c6c([2H])c([2H])c([2H])c([2H])c65)c4[2H])c3c2[2H])c([2H])c1[2H]. The second-order valence-electron chi connectivity index (χ2n) is 12.3. The lowest BCUT2D eigenvalue weighted by Crippen LogP contribution is -1.99. The average molecular weight is 761 g/mol. The first kappa shape index (κ1) is 12.7. The van der Waals surface area contributed by atoms with E-state index in [4.69, 9.17) is 26.0 Å². The molecule has 0 radical (unpaired) electrons. The highest BCUT2D eigenvalue weighted by molar-refractivity contribution is 6.13. The predicted molar refractivity (Wildman–Crippen MR) is 240 cm³/mol. The van der Waals surface area contributed by atoms with E-state index in [0.29, 0.717) is 13.7 Å². The van der Waals surface area contributed by atoms with E-state index in [1.165, 1.54) is 0 Å². The molecule has 3 aromatic heterocycles. The van der Waals surface area contributed by atoms with E-state index in [1.54, 1.807) is 0 Å². The second-order valence-corrected chi connectivity index (χ2v) is 12.3. The van der Waals surface area contributed by atoms with Crippen LogP contribution in [0.3, 0.4) is 0 Å². The molecule has 9 aromatic carbocycles. The molecule has 12 aromatic rings. The van der Waals surface area contributed by atoms with Crippen LogP contribution in [0, 0.1) is 0 Å². The topological polar surface area (TPSA) is 14.8 Å². The summed E-state index contributed by atoms with van der Waals surface area (Å²) >= 11 is 0. The highest BCUT2D eigenvalue weighted by Crippen LogP contribution is 2.40. The molecule has 0 spiro atoms. The molecule has 0 amide bonds. The number of aromatic nitrogens is 3. The van der Waals surface area contributed by atoms with E-state index in [1.807, 2.05) is 0 Å². The molecule has 0 unspecified atom stereocenters. The van der Waals surface area contributed by atoms with Crippen molar-refractivity contribution in [3.05, 3.63) is 211 Å². The summed E-state index contributed by atoms with van der Waals surface area (Å²) in [5, 5.41) is -4.00. The van der Waals surface area contributed by atoms with Crippen LogP contribution in [0.15, 0.2) is 211 Å². The van der Waals surface area contributed by atoms with Crippen molar-refractivity contribution >= 4 is 65.4 Å². The first-order valence-electron chi connectivity index (χ1n) is 34.3. The first-order chi connectivity index (χ1) is 42.9. The summed E-state index contributed by atoms with van der Waals surface area (Å²) in [5.41, 5.74) is -11.5. The fraction of sp³-hybridized carbons (Fsp3) is 0. The minimum absolute atomic E-state index is 0.566. The van der Waals surface area contributed by atoms with Crippen LogP contribution in [0.4, 0.5) is 0 Å². The van der Waals surface area contributed by atoms with Crippen LogP contribution in [0.1, 0.15) is 48.0 Å². The number of rotatable bonds is 5. The Bertz CT molecular complexity index is 5480. The minimum atomic E-state index is -1.23. The van der Waals surface area contributed by atoms with Gasteiger partial charge in [-0.15, -0.1) is 0 Å². The summed E-state index contributed by atoms with van der Waals surface area (Å²) < 4.78 is 323. The summed E-state index contributed by atoms with van der Waals surface area (Å²) in [4.78, 5) is 0. The van der Waals surface area contributed by atoms with Gasteiger partial charge in [-0.2, -0.15) is 0 Å². The Hall–Kier alpha value is -7.62. The van der Waals surface area contributed by atoms with Gasteiger partial charge in [0.15, 0.2) is 0 Å². The largest absolute Gasteiger partial charge is 0.309 e. The molecule has 3 nitrogen and oxygen atoms in total. The van der Waals surface area contributed by atoms with E-state index in [2.05, 4.69) is 0 Å². The van der Waals surface area contributed by atoms with Crippen molar-refractivity contribution in [1.29, 1.82) is 0 Å². The number of fused-ring (bicyclic) bond motifs is 9. The van der Waals surface area contributed by atoms with Crippen molar-refractivity contribution < 1.29 is 48.0 Å². The number of para-hydroxylation sites is 5. The van der Waals surface area contributed by atoms with Crippen molar-refractivity contribution in [1.82, 2.24) is 13.7 Å². The summed E-state index contributed by atoms with van der Waals surface area (Å²) in [7, 11) is 0. The fourth-order valence-corrected chi connectivity index (χ4v) is 6.94. The number of hydrogen-bond donors (Lipinski definition) is 0. The maximum absolute atomic E-state index is 10.4. The van der Waals surface area contributed by atoms with Crippen LogP contribution in [0.25, 0.3) is 105 Å². The average Bonchev–Trinajstić information content (AvgIpc) is 1.52. The van der Waals surface area contributed by atoms with Gasteiger partial charge < -0.3 is 13.7 Å². The molecule has 12 rings (SSSR count). The maximum atomic E-state index is 10.4. The molecule has 0 saturated carbocycles. The minimum Gasteiger partial charge on any atom is -0.309 e. The zero-order valence-electron chi connectivity index (χ0n) is 63.3. The van der Waals surface area contributed by atoms with E-state index >= 15 is 0 Å². The second kappa shape index (κ2) is 12.5. The Morgan fingerprint density at radius 3 is 1.42 bits per heavy atom. The van der Waals surface area contributed by atoms with Gasteiger partial charge in [-0.05, 0) is 83.2 Å². The fourth-order valence-electron chi connectivity index (χ4n) is 6.94. The molecule has 266 valence electrons. The van der Waals surface area contributed by atoms with Crippen molar-refractivity contribution in [3.63, 3.8) is 0 Å². The molecule has 0 N–H and O–H groups in total. The van der Waals surface area contributed by atoms with E-state index in [9.17, 15) is 21.9 Å². The van der Waals surface area contributed by atoms with Crippen LogP contribution in [-0.4, -0.2) is 13.7 Å². The van der Waals surface area contributed by atoms with Crippen molar-refractivity contribution in [2.45, 2.75) is 0 Å².